The fraction of sp³-hybridized carbons (Fsp3) is 0.333. The third-order valence-electron chi connectivity index (χ3n) is 5.56. The second-order valence-electron chi connectivity index (χ2n) is 7.47. The summed E-state index contributed by atoms with van der Waals surface area (Å²) in [5.74, 6) is 0.919. The van der Waals surface area contributed by atoms with Crippen LogP contribution in [0.5, 0.6) is 5.75 Å². The number of pyridine rings is 1. The van der Waals surface area contributed by atoms with Gasteiger partial charge in [-0.2, -0.15) is 0 Å². The van der Waals surface area contributed by atoms with Crippen molar-refractivity contribution in [2.45, 2.75) is 25.9 Å². The maximum atomic E-state index is 11.9. The lowest BCUT2D eigenvalue weighted by molar-refractivity contribution is -0.136. The SMILES string of the molecule is COCC(=O)N1CCC(Oc2ccc(-c3ccc4cccnc4c3C)cc2)CC1. The first kappa shape index (κ1) is 19.4. The molecule has 0 aliphatic carbocycles. The van der Waals surface area contributed by atoms with Crippen molar-refractivity contribution in [3.8, 4) is 16.9 Å². The molecule has 0 atom stereocenters. The van der Waals surface area contributed by atoms with Gasteiger partial charge in [0.05, 0.1) is 5.52 Å². The zero-order chi connectivity index (χ0) is 20.2. The van der Waals surface area contributed by atoms with Gasteiger partial charge in [0.15, 0.2) is 0 Å². The number of amides is 1. The predicted octanol–water partition coefficient (Wildman–Crippen LogP) is 4.23. The van der Waals surface area contributed by atoms with E-state index >= 15 is 0 Å². The summed E-state index contributed by atoms with van der Waals surface area (Å²) in [5.41, 5.74) is 4.57. The lowest BCUT2D eigenvalue weighted by Crippen LogP contribution is -2.43. The molecule has 0 spiro atoms. The van der Waals surface area contributed by atoms with Crippen LogP contribution in [0.4, 0.5) is 0 Å². The number of aryl methyl sites for hydroxylation is 1. The molecule has 4 rings (SSSR count). The van der Waals surface area contributed by atoms with E-state index in [0.29, 0.717) is 13.1 Å². The number of hydrogen-bond donors (Lipinski definition) is 0. The minimum atomic E-state index is 0.0514. The molecule has 1 aromatic heterocycles. The smallest absolute Gasteiger partial charge is 0.248 e. The molecule has 1 saturated heterocycles. The van der Waals surface area contributed by atoms with Crippen LogP contribution in [-0.2, 0) is 9.53 Å². The van der Waals surface area contributed by atoms with Gasteiger partial charge in [-0.3, -0.25) is 9.78 Å². The second-order valence-corrected chi connectivity index (χ2v) is 7.47. The molecule has 1 aliphatic rings. The highest BCUT2D eigenvalue weighted by Gasteiger charge is 2.23. The molecule has 3 aromatic rings. The maximum Gasteiger partial charge on any atom is 0.248 e. The highest BCUT2D eigenvalue weighted by molar-refractivity contribution is 5.88. The highest BCUT2D eigenvalue weighted by Crippen LogP contribution is 2.30. The molecule has 0 saturated carbocycles. The molecular formula is C24H26N2O3. The molecule has 0 unspecified atom stereocenters. The monoisotopic (exact) mass is 390 g/mol. The predicted molar refractivity (Wildman–Crippen MR) is 114 cm³/mol. The largest absolute Gasteiger partial charge is 0.490 e. The van der Waals surface area contributed by atoms with Gasteiger partial charge in [-0.05, 0) is 41.8 Å². The lowest BCUT2D eigenvalue weighted by atomic mass is 9.98. The van der Waals surface area contributed by atoms with E-state index in [0.717, 1.165) is 35.1 Å². The average molecular weight is 390 g/mol. The van der Waals surface area contributed by atoms with Crippen molar-refractivity contribution in [2.24, 2.45) is 0 Å². The number of methoxy groups -OCH3 is 1. The van der Waals surface area contributed by atoms with E-state index < -0.39 is 0 Å². The van der Waals surface area contributed by atoms with E-state index in [1.165, 1.54) is 11.1 Å². The number of ether oxygens (including phenoxy) is 2. The van der Waals surface area contributed by atoms with Crippen molar-refractivity contribution in [1.82, 2.24) is 9.88 Å². The summed E-state index contributed by atoms with van der Waals surface area (Å²) in [6, 6.07) is 16.6. The summed E-state index contributed by atoms with van der Waals surface area (Å²) < 4.78 is 11.1. The zero-order valence-electron chi connectivity index (χ0n) is 16.9. The molecular weight excluding hydrogens is 364 g/mol. The Balaban J connectivity index is 1.42. The average Bonchev–Trinajstić information content (AvgIpc) is 2.76. The molecule has 2 heterocycles. The Morgan fingerprint density at radius 1 is 1.10 bits per heavy atom. The topological polar surface area (TPSA) is 51.7 Å². The van der Waals surface area contributed by atoms with Gasteiger partial charge in [0.2, 0.25) is 5.91 Å². The van der Waals surface area contributed by atoms with Gasteiger partial charge < -0.3 is 14.4 Å². The number of hydrogen-bond acceptors (Lipinski definition) is 4. The first-order chi connectivity index (χ1) is 14.2. The van der Waals surface area contributed by atoms with Crippen molar-refractivity contribution >= 4 is 16.8 Å². The number of likely N-dealkylation sites (tertiary alicyclic amines) is 1. The van der Waals surface area contributed by atoms with Crippen molar-refractivity contribution in [3.63, 3.8) is 0 Å². The molecule has 0 radical (unpaired) electrons. The first-order valence-electron chi connectivity index (χ1n) is 10.0. The Morgan fingerprint density at radius 3 is 2.59 bits per heavy atom. The highest BCUT2D eigenvalue weighted by atomic mass is 16.5. The molecule has 1 amide bonds. The lowest BCUT2D eigenvalue weighted by Gasteiger charge is -2.32. The van der Waals surface area contributed by atoms with Gasteiger partial charge in [0, 0.05) is 44.6 Å². The summed E-state index contributed by atoms with van der Waals surface area (Å²) in [5, 5.41) is 1.16. The summed E-state index contributed by atoms with van der Waals surface area (Å²) >= 11 is 0. The third-order valence-corrected chi connectivity index (χ3v) is 5.56. The zero-order valence-corrected chi connectivity index (χ0v) is 16.9. The minimum Gasteiger partial charge on any atom is -0.490 e. The van der Waals surface area contributed by atoms with Gasteiger partial charge in [0.25, 0.3) is 0 Å². The van der Waals surface area contributed by atoms with Crippen LogP contribution in [0.1, 0.15) is 18.4 Å². The molecule has 5 heteroatoms. The van der Waals surface area contributed by atoms with Gasteiger partial charge >= 0.3 is 0 Å². The molecule has 29 heavy (non-hydrogen) atoms. The Kier molecular flexibility index (Phi) is 5.76. The van der Waals surface area contributed by atoms with E-state index in [9.17, 15) is 4.79 Å². The van der Waals surface area contributed by atoms with Crippen LogP contribution in [0, 0.1) is 6.92 Å². The number of rotatable bonds is 5. The van der Waals surface area contributed by atoms with E-state index in [1.807, 2.05) is 29.3 Å². The second kappa shape index (κ2) is 8.62. The fourth-order valence-electron chi connectivity index (χ4n) is 3.95. The number of carbonyl (C=O) groups excluding carboxylic acids is 1. The van der Waals surface area contributed by atoms with Crippen molar-refractivity contribution in [1.29, 1.82) is 0 Å². The fourth-order valence-corrected chi connectivity index (χ4v) is 3.95. The molecule has 0 N–H and O–H groups in total. The summed E-state index contributed by atoms with van der Waals surface area (Å²) in [4.78, 5) is 18.3. The Hall–Kier alpha value is -2.92. The quantitative estimate of drug-likeness (QED) is 0.654. The third kappa shape index (κ3) is 4.25. The van der Waals surface area contributed by atoms with Crippen LogP contribution < -0.4 is 4.74 Å². The van der Waals surface area contributed by atoms with Gasteiger partial charge in [-0.15, -0.1) is 0 Å². The number of fused-ring (bicyclic) bond motifs is 1. The van der Waals surface area contributed by atoms with Crippen LogP contribution in [0.15, 0.2) is 54.7 Å². The van der Waals surface area contributed by atoms with Crippen molar-refractivity contribution in [3.05, 3.63) is 60.3 Å². The van der Waals surface area contributed by atoms with Gasteiger partial charge in [-0.1, -0.05) is 30.3 Å². The summed E-state index contributed by atoms with van der Waals surface area (Å²) in [6.45, 7) is 3.70. The standard InChI is InChI=1S/C24H26N2O3/c1-17-22(10-7-19-4-3-13-25-24(17)19)18-5-8-20(9-6-18)29-21-11-14-26(15-12-21)23(27)16-28-2/h3-10,13,21H,11-12,14-16H2,1-2H3. The van der Waals surface area contributed by atoms with Crippen molar-refractivity contribution < 1.29 is 14.3 Å². The van der Waals surface area contributed by atoms with Crippen LogP contribution in [0.3, 0.4) is 0 Å². The normalized spacial score (nSPS) is 14.9. The number of carbonyl (C=O) groups is 1. The van der Waals surface area contributed by atoms with E-state index in [-0.39, 0.29) is 18.6 Å². The Morgan fingerprint density at radius 2 is 1.86 bits per heavy atom. The van der Waals surface area contributed by atoms with E-state index in [2.05, 4.69) is 42.2 Å². The minimum absolute atomic E-state index is 0.0514. The molecule has 0 bridgehead atoms. The van der Waals surface area contributed by atoms with Crippen LogP contribution in [-0.4, -0.2) is 48.7 Å². The molecule has 1 aliphatic heterocycles. The number of nitrogens with zero attached hydrogens (tertiary/aromatic N) is 2. The van der Waals surface area contributed by atoms with Crippen LogP contribution in [0.25, 0.3) is 22.0 Å². The van der Waals surface area contributed by atoms with E-state index in [4.69, 9.17) is 9.47 Å². The number of benzene rings is 2. The van der Waals surface area contributed by atoms with Crippen molar-refractivity contribution in [2.75, 3.05) is 26.8 Å². The van der Waals surface area contributed by atoms with E-state index in [1.54, 1.807) is 7.11 Å². The Bertz CT molecular complexity index is 993. The Labute approximate surface area is 171 Å². The summed E-state index contributed by atoms with van der Waals surface area (Å²) in [6.07, 6.45) is 3.66. The summed E-state index contributed by atoms with van der Waals surface area (Å²) in [7, 11) is 1.55. The van der Waals surface area contributed by atoms with Crippen LogP contribution >= 0.6 is 0 Å². The molecule has 150 valence electrons. The molecule has 5 nitrogen and oxygen atoms in total. The van der Waals surface area contributed by atoms with Gasteiger partial charge in [0.1, 0.15) is 18.5 Å². The number of aromatic nitrogens is 1. The van der Waals surface area contributed by atoms with Crippen LogP contribution in [0.2, 0.25) is 0 Å². The first-order valence-corrected chi connectivity index (χ1v) is 10.0. The maximum absolute atomic E-state index is 11.9. The van der Waals surface area contributed by atoms with Gasteiger partial charge in [-0.25, -0.2) is 0 Å². The molecule has 2 aromatic carbocycles. The molecule has 1 fully saturated rings. The number of piperidine rings is 1.